The number of anilines is 1. The number of nitrogens with two attached hydrogens (primary N) is 1. The van der Waals surface area contributed by atoms with Crippen molar-refractivity contribution in [2.45, 2.75) is 32.4 Å². The lowest BCUT2D eigenvalue weighted by molar-refractivity contribution is 0.227. The first-order valence-corrected chi connectivity index (χ1v) is 7.12. The molecule has 1 aliphatic carbocycles. The molecule has 0 bridgehead atoms. The third kappa shape index (κ3) is 2.59. The van der Waals surface area contributed by atoms with Gasteiger partial charge in [0.1, 0.15) is 0 Å². The molecule has 2 aromatic rings. The number of fused-ring (bicyclic) bond motifs is 1. The molecule has 2 heteroatoms. The first-order chi connectivity index (χ1) is 9.15. The molecule has 100 valence electrons. The molecule has 0 saturated heterocycles. The molecule has 0 aliphatic heterocycles. The van der Waals surface area contributed by atoms with Crippen LogP contribution in [0.5, 0.6) is 0 Å². The fourth-order valence-electron chi connectivity index (χ4n) is 2.79. The van der Waals surface area contributed by atoms with Crippen molar-refractivity contribution in [3.8, 4) is 0 Å². The third-order valence-corrected chi connectivity index (χ3v) is 4.43. The summed E-state index contributed by atoms with van der Waals surface area (Å²) in [7, 11) is 2.21. The first-order valence-electron chi connectivity index (χ1n) is 7.12. The molecule has 1 saturated carbocycles. The van der Waals surface area contributed by atoms with Crippen LogP contribution in [-0.4, -0.2) is 18.0 Å². The van der Waals surface area contributed by atoms with Gasteiger partial charge in [-0.25, -0.2) is 0 Å². The van der Waals surface area contributed by atoms with E-state index in [4.69, 9.17) is 5.73 Å². The van der Waals surface area contributed by atoms with E-state index in [2.05, 4.69) is 55.3 Å². The minimum Gasteiger partial charge on any atom is -0.398 e. The molecule has 1 atom stereocenters. The van der Waals surface area contributed by atoms with Crippen LogP contribution in [0.3, 0.4) is 0 Å². The van der Waals surface area contributed by atoms with Crippen LogP contribution < -0.4 is 5.73 Å². The maximum absolute atomic E-state index is 6.20. The van der Waals surface area contributed by atoms with Crippen molar-refractivity contribution in [3.05, 3.63) is 42.0 Å². The zero-order chi connectivity index (χ0) is 13.4. The van der Waals surface area contributed by atoms with Crippen molar-refractivity contribution in [1.82, 2.24) is 4.90 Å². The molecule has 2 N–H and O–H groups in total. The minimum atomic E-state index is 0.658. The van der Waals surface area contributed by atoms with Crippen LogP contribution in [0, 0.1) is 5.92 Å². The van der Waals surface area contributed by atoms with E-state index in [0.29, 0.717) is 6.04 Å². The van der Waals surface area contributed by atoms with E-state index in [-0.39, 0.29) is 0 Å². The maximum atomic E-state index is 6.20. The molecular formula is C17H22N2. The fourth-order valence-corrected chi connectivity index (χ4v) is 2.79. The molecule has 0 amide bonds. The van der Waals surface area contributed by atoms with Crippen LogP contribution in [0.2, 0.25) is 0 Å². The molecular weight excluding hydrogens is 232 g/mol. The van der Waals surface area contributed by atoms with Gasteiger partial charge in [0.2, 0.25) is 0 Å². The zero-order valence-corrected chi connectivity index (χ0v) is 11.8. The van der Waals surface area contributed by atoms with Crippen molar-refractivity contribution in [3.63, 3.8) is 0 Å². The Kier molecular flexibility index (Phi) is 3.19. The summed E-state index contributed by atoms with van der Waals surface area (Å²) in [6.07, 6.45) is 2.78. The molecule has 0 aromatic heterocycles. The van der Waals surface area contributed by atoms with E-state index in [9.17, 15) is 0 Å². The predicted molar refractivity (Wildman–Crippen MR) is 82.0 cm³/mol. The molecule has 1 unspecified atom stereocenters. The van der Waals surface area contributed by atoms with Gasteiger partial charge in [0.25, 0.3) is 0 Å². The average molecular weight is 254 g/mol. The molecule has 3 rings (SSSR count). The van der Waals surface area contributed by atoms with Gasteiger partial charge in [-0.1, -0.05) is 24.3 Å². The van der Waals surface area contributed by atoms with Crippen molar-refractivity contribution in [2.24, 2.45) is 5.92 Å². The highest BCUT2D eigenvalue weighted by Crippen LogP contribution is 2.35. The number of nitrogen functional groups attached to an aromatic ring is 1. The van der Waals surface area contributed by atoms with Crippen LogP contribution in [-0.2, 0) is 6.54 Å². The molecule has 0 spiro atoms. The van der Waals surface area contributed by atoms with Gasteiger partial charge in [-0.05, 0) is 61.2 Å². The highest BCUT2D eigenvalue weighted by atomic mass is 15.1. The molecule has 19 heavy (non-hydrogen) atoms. The SMILES string of the molecule is CC(C1CC1)N(C)Cc1cc2ccccc2cc1N. The Morgan fingerprint density at radius 1 is 1.21 bits per heavy atom. The predicted octanol–water partition coefficient (Wildman–Crippen LogP) is 3.65. The summed E-state index contributed by atoms with van der Waals surface area (Å²) in [5.74, 6) is 0.895. The summed E-state index contributed by atoms with van der Waals surface area (Å²) in [6.45, 7) is 3.27. The number of nitrogens with zero attached hydrogens (tertiary/aromatic N) is 1. The first kappa shape index (κ1) is 12.5. The number of hydrogen-bond donors (Lipinski definition) is 1. The lowest BCUT2D eigenvalue weighted by Gasteiger charge is -2.25. The maximum Gasteiger partial charge on any atom is 0.0366 e. The Morgan fingerprint density at radius 3 is 2.47 bits per heavy atom. The molecule has 2 aromatic carbocycles. The lowest BCUT2D eigenvalue weighted by atomic mass is 10.0. The molecule has 2 nitrogen and oxygen atoms in total. The Bertz CT molecular complexity index is 587. The standard InChI is InChI=1S/C17H22N2/c1-12(13-7-8-13)19(2)11-16-9-14-5-3-4-6-15(14)10-17(16)18/h3-6,9-10,12-13H,7-8,11,18H2,1-2H3. The van der Waals surface area contributed by atoms with Gasteiger partial charge in [0.15, 0.2) is 0 Å². The Morgan fingerprint density at radius 2 is 1.84 bits per heavy atom. The number of benzene rings is 2. The van der Waals surface area contributed by atoms with Gasteiger partial charge in [-0.3, -0.25) is 4.90 Å². The summed E-state index contributed by atoms with van der Waals surface area (Å²) in [5.41, 5.74) is 8.36. The van der Waals surface area contributed by atoms with E-state index in [1.165, 1.54) is 29.2 Å². The Hall–Kier alpha value is -1.54. The summed E-state index contributed by atoms with van der Waals surface area (Å²) < 4.78 is 0. The normalized spacial score (nSPS) is 17.0. The van der Waals surface area contributed by atoms with E-state index in [1.807, 2.05) is 0 Å². The largest absolute Gasteiger partial charge is 0.398 e. The van der Waals surface area contributed by atoms with Crippen LogP contribution in [0.4, 0.5) is 5.69 Å². The minimum absolute atomic E-state index is 0.658. The van der Waals surface area contributed by atoms with Crippen molar-refractivity contribution >= 4 is 16.5 Å². The summed E-state index contributed by atoms with van der Waals surface area (Å²) in [4.78, 5) is 2.43. The van der Waals surface area contributed by atoms with E-state index in [1.54, 1.807) is 0 Å². The van der Waals surface area contributed by atoms with Crippen LogP contribution in [0.25, 0.3) is 10.8 Å². The quantitative estimate of drug-likeness (QED) is 0.844. The van der Waals surface area contributed by atoms with E-state index >= 15 is 0 Å². The van der Waals surface area contributed by atoms with Gasteiger partial charge in [0.05, 0.1) is 0 Å². The van der Waals surface area contributed by atoms with Gasteiger partial charge >= 0.3 is 0 Å². The fraction of sp³-hybridized carbons (Fsp3) is 0.412. The summed E-state index contributed by atoms with van der Waals surface area (Å²) in [5, 5.41) is 2.50. The second-order valence-electron chi connectivity index (χ2n) is 5.89. The van der Waals surface area contributed by atoms with Crippen LogP contribution >= 0.6 is 0 Å². The molecule has 1 fully saturated rings. The van der Waals surface area contributed by atoms with Crippen molar-refractivity contribution in [1.29, 1.82) is 0 Å². The molecule has 1 aliphatic rings. The van der Waals surface area contributed by atoms with Gasteiger partial charge in [-0.15, -0.1) is 0 Å². The highest BCUT2D eigenvalue weighted by Gasteiger charge is 2.30. The van der Waals surface area contributed by atoms with Gasteiger partial charge in [0, 0.05) is 18.3 Å². The topological polar surface area (TPSA) is 29.3 Å². The van der Waals surface area contributed by atoms with Gasteiger partial charge in [-0.2, -0.15) is 0 Å². The highest BCUT2D eigenvalue weighted by molar-refractivity contribution is 5.86. The monoisotopic (exact) mass is 254 g/mol. The zero-order valence-electron chi connectivity index (χ0n) is 11.8. The lowest BCUT2D eigenvalue weighted by Crippen LogP contribution is -2.30. The van der Waals surface area contributed by atoms with Crippen LogP contribution in [0.1, 0.15) is 25.3 Å². The summed E-state index contributed by atoms with van der Waals surface area (Å²) >= 11 is 0. The third-order valence-electron chi connectivity index (χ3n) is 4.43. The van der Waals surface area contributed by atoms with Crippen LogP contribution in [0.15, 0.2) is 36.4 Å². The molecule has 0 heterocycles. The second kappa shape index (κ2) is 4.86. The number of rotatable bonds is 4. The summed E-state index contributed by atoms with van der Waals surface area (Å²) in [6, 6.07) is 13.4. The number of hydrogen-bond acceptors (Lipinski definition) is 2. The smallest absolute Gasteiger partial charge is 0.0366 e. The Labute approximate surface area is 115 Å². The van der Waals surface area contributed by atoms with Crippen molar-refractivity contribution < 1.29 is 0 Å². The Balaban J connectivity index is 1.85. The second-order valence-corrected chi connectivity index (χ2v) is 5.89. The van der Waals surface area contributed by atoms with Gasteiger partial charge < -0.3 is 5.73 Å². The van der Waals surface area contributed by atoms with E-state index < -0.39 is 0 Å². The average Bonchev–Trinajstić information content (AvgIpc) is 3.23. The molecule has 0 radical (unpaired) electrons. The van der Waals surface area contributed by atoms with E-state index in [0.717, 1.165) is 18.2 Å². The van der Waals surface area contributed by atoms with Crippen molar-refractivity contribution in [2.75, 3.05) is 12.8 Å².